The molecule has 22 heavy (non-hydrogen) atoms. The molecule has 1 aliphatic rings. The molecule has 1 saturated heterocycles. The Morgan fingerprint density at radius 3 is 2.77 bits per heavy atom. The van der Waals surface area contributed by atoms with E-state index in [9.17, 15) is 4.79 Å². The summed E-state index contributed by atoms with van der Waals surface area (Å²) in [5, 5.41) is 3.91. The molecule has 1 fully saturated rings. The van der Waals surface area contributed by atoms with E-state index in [-0.39, 0.29) is 12.0 Å². The van der Waals surface area contributed by atoms with Crippen molar-refractivity contribution in [3.8, 4) is 0 Å². The lowest BCUT2D eigenvalue weighted by atomic mass is 10.1. The van der Waals surface area contributed by atoms with Crippen LogP contribution in [0.2, 0.25) is 0 Å². The first-order valence-electron chi connectivity index (χ1n) is 7.51. The van der Waals surface area contributed by atoms with E-state index < -0.39 is 0 Å². The number of morpholine rings is 1. The van der Waals surface area contributed by atoms with E-state index in [0.717, 1.165) is 22.6 Å². The third-order valence-corrected chi connectivity index (χ3v) is 4.10. The van der Waals surface area contributed by atoms with Gasteiger partial charge < -0.3 is 14.2 Å². The van der Waals surface area contributed by atoms with E-state index in [1.165, 1.54) is 0 Å². The van der Waals surface area contributed by atoms with E-state index in [2.05, 4.69) is 5.16 Å². The van der Waals surface area contributed by atoms with Gasteiger partial charge in [0.25, 0.3) is 0 Å². The van der Waals surface area contributed by atoms with Gasteiger partial charge >= 0.3 is 0 Å². The van der Waals surface area contributed by atoms with Crippen molar-refractivity contribution in [2.75, 3.05) is 19.7 Å². The van der Waals surface area contributed by atoms with Crippen LogP contribution in [-0.4, -0.2) is 35.7 Å². The normalized spacial score (nSPS) is 18.5. The molecule has 2 aromatic rings. The number of aryl methyl sites for hydroxylation is 2. The van der Waals surface area contributed by atoms with Crippen LogP contribution in [0, 0.1) is 13.8 Å². The highest BCUT2D eigenvalue weighted by atomic mass is 16.5. The Balaban J connectivity index is 1.68. The Kier molecular flexibility index (Phi) is 4.24. The number of benzene rings is 1. The zero-order valence-corrected chi connectivity index (χ0v) is 12.9. The molecular weight excluding hydrogens is 280 g/mol. The summed E-state index contributed by atoms with van der Waals surface area (Å²) in [5.41, 5.74) is 2.80. The van der Waals surface area contributed by atoms with Gasteiger partial charge in [-0.2, -0.15) is 0 Å². The molecule has 3 rings (SSSR count). The highest BCUT2D eigenvalue weighted by Gasteiger charge is 2.26. The Labute approximate surface area is 129 Å². The first-order chi connectivity index (χ1) is 10.6. The second-order valence-electron chi connectivity index (χ2n) is 5.59. The van der Waals surface area contributed by atoms with Gasteiger partial charge in [-0.1, -0.05) is 35.5 Å². The summed E-state index contributed by atoms with van der Waals surface area (Å²) in [7, 11) is 0. The number of rotatable bonds is 3. The van der Waals surface area contributed by atoms with Gasteiger partial charge in [0.2, 0.25) is 5.91 Å². The lowest BCUT2D eigenvalue weighted by molar-refractivity contribution is -0.138. The van der Waals surface area contributed by atoms with Gasteiger partial charge in [-0.25, -0.2) is 0 Å². The minimum absolute atomic E-state index is 0.0523. The molecular formula is C17H20N2O3. The van der Waals surface area contributed by atoms with Gasteiger partial charge in [-0.15, -0.1) is 0 Å². The second kappa shape index (κ2) is 6.32. The number of ether oxygens (including phenoxy) is 1. The molecule has 0 aliphatic carbocycles. The number of aromatic nitrogens is 1. The predicted octanol–water partition coefficient (Wildman–Crippen LogP) is 2.43. The van der Waals surface area contributed by atoms with Crippen LogP contribution in [0.15, 0.2) is 34.9 Å². The molecule has 1 aromatic carbocycles. The highest BCUT2D eigenvalue weighted by molar-refractivity contribution is 5.79. The fourth-order valence-corrected chi connectivity index (χ4v) is 2.76. The minimum Gasteiger partial charge on any atom is -0.370 e. The first-order valence-corrected chi connectivity index (χ1v) is 7.51. The number of nitrogens with zero attached hydrogens (tertiary/aromatic N) is 2. The number of hydrogen-bond donors (Lipinski definition) is 0. The Bertz CT molecular complexity index is 632. The molecule has 1 aromatic heterocycles. The maximum atomic E-state index is 12.5. The fraction of sp³-hybridized carbons (Fsp3) is 0.412. The van der Waals surface area contributed by atoms with E-state index in [0.29, 0.717) is 26.1 Å². The van der Waals surface area contributed by atoms with Crippen LogP contribution in [0.3, 0.4) is 0 Å². The third kappa shape index (κ3) is 3.04. The molecule has 1 atom stereocenters. The highest BCUT2D eigenvalue weighted by Crippen LogP contribution is 2.23. The van der Waals surface area contributed by atoms with Crippen molar-refractivity contribution < 1.29 is 14.1 Å². The van der Waals surface area contributed by atoms with Crippen LogP contribution in [0.4, 0.5) is 0 Å². The lowest BCUT2D eigenvalue weighted by Crippen LogP contribution is -2.43. The quantitative estimate of drug-likeness (QED) is 0.873. The molecule has 1 aliphatic heterocycles. The zero-order chi connectivity index (χ0) is 15.5. The summed E-state index contributed by atoms with van der Waals surface area (Å²) in [6.45, 7) is 5.49. The Morgan fingerprint density at radius 1 is 1.32 bits per heavy atom. The number of carbonyl (C=O) groups excluding carboxylic acids is 1. The fourth-order valence-electron chi connectivity index (χ4n) is 2.76. The topological polar surface area (TPSA) is 55.6 Å². The number of hydrogen-bond acceptors (Lipinski definition) is 4. The van der Waals surface area contributed by atoms with Crippen LogP contribution >= 0.6 is 0 Å². The van der Waals surface area contributed by atoms with E-state index in [1.54, 1.807) is 0 Å². The van der Waals surface area contributed by atoms with Crippen molar-refractivity contribution in [1.82, 2.24) is 10.1 Å². The molecule has 1 amide bonds. The van der Waals surface area contributed by atoms with Crippen LogP contribution in [0.1, 0.15) is 28.7 Å². The summed E-state index contributed by atoms with van der Waals surface area (Å²) in [6.07, 6.45) is 0.284. The molecule has 1 unspecified atom stereocenters. The Hall–Kier alpha value is -2.14. The largest absolute Gasteiger partial charge is 0.370 e. The lowest BCUT2D eigenvalue weighted by Gasteiger charge is -2.33. The van der Waals surface area contributed by atoms with Gasteiger partial charge in [0.15, 0.2) is 0 Å². The van der Waals surface area contributed by atoms with E-state index >= 15 is 0 Å². The molecule has 5 heteroatoms. The number of amides is 1. The van der Waals surface area contributed by atoms with Crippen molar-refractivity contribution >= 4 is 5.91 Å². The molecule has 2 heterocycles. The van der Waals surface area contributed by atoms with Gasteiger partial charge in [0.05, 0.1) is 25.3 Å². The minimum atomic E-state index is -0.0523. The summed E-state index contributed by atoms with van der Waals surface area (Å²) in [6, 6.07) is 10.0. The van der Waals surface area contributed by atoms with Crippen LogP contribution in [0.25, 0.3) is 0 Å². The van der Waals surface area contributed by atoms with Crippen molar-refractivity contribution in [1.29, 1.82) is 0 Å². The molecule has 0 N–H and O–H groups in total. The molecule has 0 bridgehead atoms. The second-order valence-corrected chi connectivity index (χ2v) is 5.59. The summed E-state index contributed by atoms with van der Waals surface area (Å²) in [4.78, 5) is 14.4. The molecule has 0 spiro atoms. The SMILES string of the molecule is Cc1noc(C)c1CC(=O)N1CCOC(c2ccccc2)C1. The zero-order valence-electron chi connectivity index (χ0n) is 12.9. The van der Waals surface area contributed by atoms with Crippen LogP contribution < -0.4 is 0 Å². The van der Waals surface area contributed by atoms with Crippen molar-refractivity contribution in [3.05, 3.63) is 52.9 Å². The Morgan fingerprint density at radius 2 is 2.09 bits per heavy atom. The van der Waals surface area contributed by atoms with Crippen LogP contribution in [-0.2, 0) is 16.0 Å². The van der Waals surface area contributed by atoms with Crippen molar-refractivity contribution in [2.45, 2.75) is 26.4 Å². The smallest absolute Gasteiger partial charge is 0.227 e. The summed E-state index contributed by atoms with van der Waals surface area (Å²) >= 11 is 0. The van der Waals surface area contributed by atoms with Crippen LogP contribution in [0.5, 0.6) is 0 Å². The first kappa shape index (κ1) is 14.8. The third-order valence-electron chi connectivity index (χ3n) is 4.10. The average Bonchev–Trinajstić information content (AvgIpc) is 2.88. The maximum Gasteiger partial charge on any atom is 0.227 e. The van der Waals surface area contributed by atoms with Crippen molar-refractivity contribution in [2.24, 2.45) is 0 Å². The average molecular weight is 300 g/mol. The molecule has 116 valence electrons. The predicted molar refractivity (Wildman–Crippen MR) is 81.4 cm³/mol. The van der Waals surface area contributed by atoms with Gasteiger partial charge in [-0.05, 0) is 19.4 Å². The van der Waals surface area contributed by atoms with Crippen molar-refractivity contribution in [3.63, 3.8) is 0 Å². The van der Waals surface area contributed by atoms with E-state index in [1.807, 2.05) is 49.1 Å². The van der Waals surface area contributed by atoms with Gasteiger partial charge in [0.1, 0.15) is 11.9 Å². The monoisotopic (exact) mass is 300 g/mol. The molecule has 0 radical (unpaired) electrons. The van der Waals surface area contributed by atoms with Gasteiger partial charge in [0, 0.05) is 12.1 Å². The van der Waals surface area contributed by atoms with E-state index in [4.69, 9.17) is 9.26 Å². The van der Waals surface area contributed by atoms with Gasteiger partial charge in [-0.3, -0.25) is 4.79 Å². The standard InChI is InChI=1S/C17H20N2O3/c1-12-15(13(2)22-18-12)10-17(20)19-8-9-21-16(11-19)14-6-4-3-5-7-14/h3-7,16H,8-11H2,1-2H3. The summed E-state index contributed by atoms with van der Waals surface area (Å²) < 4.78 is 10.9. The number of carbonyl (C=O) groups is 1. The summed E-state index contributed by atoms with van der Waals surface area (Å²) in [5.74, 6) is 0.817. The maximum absolute atomic E-state index is 12.5. The molecule has 5 nitrogen and oxygen atoms in total. The molecule has 0 saturated carbocycles.